The summed E-state index contributed by atoms with van der Waals surface area (Å²) in [7, 11) is 0. The van der Waals surface area contributed by atoms with Gasteiger partial charge in [0.2, 0.25) is 0 Å². The molecule has 1 aliphatic rings. The molecule has 1 aromatic heterocycles. The van der Waals surface area contributed by atoms with Crippen molar-refractivity contribution >= 4 is 11.0 Å². The first-order valence-electron chi connectivity index (χ1n) is 7.68. The number of aryl methyl sites for hydroxylation is 1. The molecular formula is C17H23NO2. The Balaban J connectivity index is 1.76. The highest BCUT2D eigenvalue weighted by molar-refractivity contribution is 5.82. The molecule has 2 unspecified atom stereocenters. The van der Waals surface area contributed by atoms with E-state index >= 15 is 0 Å². The van der Waals surface area contributed by atoms with Gasteiger partial charge < -0.3 is 14.8 Å². The van der Waals surface area contributed by atoms with E-state index in [-0.39, 0.29) is 6.10 Å². The van der Waals surface area contributed by atoms with Crippen molar-refractivity contribution in [2.24, 2.45) is 0 Å². The quantitative estimate of drug-likeness (QED) is 0.897. The zero-order valence-corrected chi connectivity index (χ0v) is 12.1. The number of furan rings is 1. The number of hydrogen-bond acceptors (Lipinski definition) is 3. The van der Waals surface area contributed by atoms with Gasteiger partial charge >= 0.3 is 0 Å². The Hall–Kier alpha value is -1.32. The van der Waals surface area contributed by atoms with E-state index in [1.54, 1.807) is 0 Å². The van der Waals surface area contributed by atoms with Gasteiger partial charge in [-0.3, -0.25) is 0 Å². The van der Waals surface area contributed by atoms with Crippen LogP contribution in [0.5, 0.6) is 0 Å². The van der Waals surface area contributed by atoms with Crippen LogP contribution in [0.1, 0.15) is 43.9 Å². The molecule has 1 aromatic carbocycles. The largest absolute Gasteiger partial charge is 0.461 e. The molecule has 2 N–H and O–H groups in total. The topological polar surface area (TPSA) is 45.4 Å². The SMILES string of the molecule is CCc1oc2ccccc2c1CNC1CCCC(O)C1. The zero-order valence-electron chi connectivity index (χ0n) is 12.1. The summed E-state index contributed by atoms with van der Waals surface area (Å²) in [5.41, 5.74) is 2.26. The normalized spacial score (nSPS) is 23.3. The Morgan fingerprint density at radius 3 is 2.95 bits per heavy atom. The van der Waals surface area contributed by atoms with E-state index in [9.17, 15) is 5.11 Å². The molecule has 0 saturated heterocycles. The first kappa shape index (κ1) is 13.7. The van der Waals surface area contributed by atoms with Gasteiger partial charge in [-0.15, -0.1) is 0 Å². The van der Waals surface area contributed by atoms with Crippen LogP contribution < -0.4 is 5.32 Å². The minimum Gasteiger partial charge on any atom is -0.461 e. The van der Waals surface area contributed by atoms with Crippen LogP contribution in [0.4, 0.5) is 0 Å². The van der Waals surface area contributed by atoms with Crippen LogP contribution >= 0.6 is 0 Å². The van der Waals surface area contributed by atoms with E-state index in [1.807, 2.05) is 12.1 Å². The molecule has 2 aromatic rings. The fraction of sp³-hybridized carbons (Fsp3) is 0.529. The molecule has 0 amide bonds. The maximum Gasteiger partial charge on any atom is 0.134 e. The lowest BCUT2D eigenvalue weighted by Gasteiger charge is -2.26. The lowest BCUT2D eigenvalue weighted by molar-refractivity contribution is 0.111. The number of aliphatic hydroxyl groups is 1. The minimum absolute atomic E-state index is 0.131. The predicted octanol–water partition coefficient (Wildman–Crippen LogP) is 3.39. The number of hydrogen-bond donors (Lipinski definition) is 2. The third-order valence-electron chi connectivity index (χ3n) is 4.32. The highest BCUT2D eigenvalue weighted by Crippen LogP contribution is 2.27. The molecule has 1 fully saturated rings. The number of para-hydroxylation sites is 1. The molecule has 2 atom stereocenters. The average Bonchev–Trinajstić information content (AvgIpc) is 2.83. The summed E-state index contributed by atoms with van der Waals surface area (Å²) in [5.74, 6) is 1.08. The van der Waals surface area contributed by atoms with Crippen LogP contribution in [-0.4, -0.2) is 17.3 Å². The summed E-state index contributed by atoms with van der Waals surface area (Å²) < 4.78 is 5.92. The van der Waals surface area contributed by atoms with Crippen LogP contribution in [0.3, 0.4) is 0 Å². The van der Waals surface area contributed by atoms with Gasteiger partial charge in [0.05, 0.1) is 6.10 Å². The number of rotatable bonds is 4. The lowest BCUT2D eigenvalue weighted by atomic mass is 9.93. The maximum absolute atomic E-state index is 9.75. The smallest absolute Gasteiger partial charge is 0.134 e. The van der Waals surface area contributed by atoms with Gasteiger partial charge in [-0.25, -0.2) is 0 Å². The van der Waals surface area contributed by atoms with Crippen molar-refractivity contribution in [1.82, 2.24) is 5.32 Å². The predicted molar refractivity (Wildman–Crippen MR) is 80.7 cm³/mol. The molecule has 1 heterocycles. The second kappa shape index (κ2) is 5.98. The fourth-order valence-electron chi connectivity index (χ4n) is 3.22. The highest BCUT2D eigenvalue weighted by atomic mass is 16.3. The number of nitrogens with one attached hydrogen (secondary N) is 1. The Morgan fingerprint density at radius 1 is 1.30 bits per heavy atom. The Kier molecular flexibility index (Phi) is 4.08. The van der Waals surface area contributed by atoms with E-state index in [0.717, 1.165) is 50.0 Å². The first-order valence-corrected chi connectivity index (χ1v) is 7.68. The molecule has 1 saturated carbocycles. The molecular weight excluding hydrogens is 250 g/mol. The van der Waals surface area contributed by atoms with Crippen molar-refractivity contribution in [1.29, 1.82) is 0 Å². The van der Waals surface area contributed by atoms with Crippen LogP contribution in [0, 0.1) is 0 Å². The zero-order chi connectivity index (χ0) is 13.9. The lowest BCUT2D eigenvalue weighted by Crippen LogP contribution is -2.35. The summed E-state index contributed by atoms with van der Waals surface area (Å²) in [5, 5.41) is 14.6. The molecule has 0 aliphatic heterocycles. The number of aliphatic hydroxyl groups excluding tert-OH is 1. The van der Waals surface area contributed by atoms with Crippen molar-refractivity contribution in [2.45, 2.75) is 57.7 Å². The van der Waals surface area contributed by atoms with E-state index < -0.39 is 0 Å². The van der Waals surface area contributed by atoms with Crippen LogP contribution in [-0.2, 0) is 13.0 Å². The molecule has 108 valence electrons. The summed E-state index contributed by atoms with van der Waals surface area (Å²) in [6.07, 6.45) is 4.89. The standard InChI is InChI=1S/C17H23NO2/c1-2-16-15(14-8-3-4-9-17(14)20-16)11-18-12-6-5-7-13(19)10-12/h3-4,8-9,12-13,18-19H,2,5-7,10-11H2,1H3. The second-order valence-corrected chi connectivity index (χ2v) is 5.75. The van der Waals surface area contributed by atoms with Crippen LogP contribution in [0.2, 0.25) is 0 Å². The van der Waals surface area contributed by atoms with Gasteiger partial charge in [-0.2, -0.15) is 0 Å². The Bertz CT molecular complexity index is 575. The summed E-state index contributed by atoms with van der Waals surface area (Å²) in [6, 6.07) is 8.66. The van der Waals surface area contributed by atoms with Crippen molar-refractivity contribution in [3.05, 3.63) is 35.6 Å². The van der Waals surface area contributed by atoms with Crippen molar-refractivity contribution in [2.75, 3.05) is 0 Å². The summed E-state index contributed by atoms with van der Waals surface area (Å²) >= 11 is 0. The van der Waals surface area contributed by atoms with Gasteiger partial charge in [0, 0.05) is 30.0 Å². The third kappa shape index (κ3) is 2.74. The van der Waals surface area contributed by atoms with E-state index in [0.29, 0.717) is 6.04 Å². The number of benzene rings is 1. The van der Waals surface area contributed by atoms with Crippen molar-refractivity contribution in [3.8, 4) is 0 Å². The molecule has 0 spiro atoms. The molecule has 3 rings (SSSR count). The fourth-order valence-corrected chi connectivity index (χ4v) is 3.22. The molecule has 20 heavy (non-hydrogen) atoms. The van der Waals surface area contributed by atoms with Gasteiger partial charge in [0.25, 0.3) is 0 Å². The van der Waals surface area contributed by atoms with Crippen LogP contribution in [0.25, 0.3) is 11.0 Å². The van der Waals surface area contributed by atoms with E-state index in [4.69, 9.17) is 4.42 Å². The monoisotopic (exact) mass is 273 g/mol. The minimum atomic E-state index is -0.131. The molecule has 0 radical (unpaired) electrons. The summed E-state index contributed by atoms with van der Waals surface area (Å²) in [6.45, 7) is 2.96. The van der Waals surface area contributed by atoms with Crippen LogP contribution in [0.15, 0.2) is 28.7 Å². The number of fused-ring (bicyclic) bond motifs is 1. The molecule has 3 heteroatoms. The van der Waals surface area contributed by atoms with Gasteiger partial charge in [0.1, 0.15) is 11.3 Å². The summed E-state index contributed by atoms with van der Waals surface area (Å²) in [4.78, 5) is 0. The highest BCUT2D eigenvalue weighted by Gasteiger charge is 2.20. The Labute approximate surface area is 120 Å². The van der Waals surface area contributed by atoms with Gasteiger partial charge in [-0.1, -0.05) is 25.1 Å². The first-order chi connectivity index (χ1) is 9.78. The molecule has 0 bridgehead atoms. The average molecular weight is 273 g/mol. The Morgan fingerprint density at radius 2 is 2.15 bits per heavy atom. The van der Waals surface area contributed by atoms with Crippen molar-refractivity contribution in [3.63, 3.8) is 0 Å². The maximum atomic E-state index is 9.75. The van der Waals surface area contributed by atoms with E-state index in [1.165, 1.54) is 10.9 Å². The van der Waals surface area contributed by atoms with Gasteiger partial charge in [-0.05, 0) is 31.7 Å². The second-order valence-electron chi connectivity index (χ2n) is 5.75. The van der Waals surface area contributed by atoms with Gasteiger partial charge in [0.15, 0.2) is 0 Å². The molecule has 3 nitrogen and oxygen atoms in total. The third-order valence-corrected chi connectivity index (χ3v) is 4.32. The van der Waals surface area contributed by atoms with Crippen molar-refractivity contribution < 1.29 is 9.52 Å². The van der Waals surface area contributed by atoms with E-state index in [2.05, 4.69) is 24.4 Å². The molecule has 1 aliphatic carbocycles.